The van der Waals surface area contributed by atoms with E-state index in [4.69, 9.17) is 19.0 Å². The molecule has 3 N–H and O–H groups in total. The molecule has 0 radical (unpaired) electrons. The molecule has 3 rings (SSSR count). The highest BCUT2D eigenvalue weighted by molar-refractivity contribution is 6.39. The lowest BCUT2D eigenvalue weighted by Crippen LogP contribution is -2.49. The van der Waals surface area contributed by atoms with Crippen LogP contribution < -0.4 is 20.1 Å². The van der Waals surface area contributed by atoms with Gasteiger partial charge in [-0.3, -0.25) is 9.59 Å². The number of carboxylic acids is 1. The lowest BCUT2D eigenvalue weighted by molar-refractivity contribution is -0.139. The fourth-order valence-corrected chi connectivity index (χ4v) is 3.24. The van der Waals surface area contributed by atoms with Gasteiger partial charge in [0.05, 0.1) is 13.3 Å². The van der Waals surface area contributed by atoms with Crippen LogP contribution in [0.15, 0.2) is 59.1 Å². The number of oxazole rings is 1. The van der Waals surface area contributed by atoms with Crippen molar-refractivity contribution in [1.82, 2.24) is 10.3 Å². The Morgan fingerprint density at radius 3 is 2.56 bits per heavy atom. The fraction of sp³-hybridized carbons (Fsp3) is 0.250. The number of carbonyl (C=O) groups is 3. The van der Waals surface area contributed by atoms with Gasteiger partial charge in [-0.25, -0.2) is 4.79 Å². The fourth-order valence-electron chi connectivity index (χ4n) is 3.24. The summed E-state index contributed by atoms with van der Waals surface area (Å²) in [6.07, 6.45) is 1.92. The summed E-state index contributed by atoms with van der Waals surface area (Å²) >= 11 is 0. The molecule has 178 valence electrons. The van der Waals surface area contributed by atoms with Crippen LogP contribution in [0.2, 0.25) is 0 Å². The number of para-hydroxylation sites is 1. The lowest BCUT2D eigenvalue weighted by Gasteiger charge is -2.27. The Labute approximate surface area is 195 Å². The van der Waals surface area contributed by atoms with Crippen molar-refractivity contribution >= 4 is 23.5 Å². The molecule has 10 nitrogen and oxygen atoms in total. The lowest BCUT2D eigenvalue weighted by atomic mass is 9.94. The zero-order valence-electron chi connectivity index (χ0n) is 19.0. The maximum absolute atomic E-state index is 12.6. The molecule has 0 aliphatic rings. The summed E-state index contributed by atoms with van der Waals surface area (Å²) in [5.74, 6) is -1.90. The maximum Gasteiger partial charge on any atom is 0.393 e. The number of benzene rings is 2. The molecular formula is C24H25N3O7. The Morgan fingerprint density at radius 2 is 1.85 bits per heavy atom. The summed E-state index contributed by atoms with van der Waals surface area (Å²) in [6, 6.07) is 13.7. The Kier molecular flexibility index (Phi) is 7.52. The van der Waals surface area contributed by atoms with E-state index < -0.39 is 29.9 Å². The van der Waals surface area contributed by atoms with E-state index in [1.807, 2.05) is 0 Å². The number of hydrogen-bond acceptors (Lipinski definition) is 7. The van der Waals surface area contributed by atoms with E-state index in [0.29, 0.717) is 34.7 Å². The van der Waals surface area contributed by atoms with E-state index in [-0.39, 0.29) is 6.08 Å². The van der Waals surface area contributed by atoms with Crippen LogP contribution in [-0.4, -0.2) is 47.1 Å². The minimum Gasteiger partial charge on any atom is -0.482 e. The van der Waals surface area contributed by atoms with Gasteiger partial charge < -0.3 is 29.6 Å². The van der Waals surface area contributed by atoms with E-state index in [2.05, 4.69) is 15.6 Å². The van der Waals surface area contributed by atoms with Crippen molar-refractivity contribution in [2.24, 2.45) is 0 Å². The Hall–Kier alpha value is -4.34. The maximum atomic E-state index is 12.6. The number of nitrogens with one attached hydrogen (secondary N) is 2. The van der Waals surface area contributed by atoms with Gasteiger partial charge in [0.25, 0.3) is 0 Å². The molecule has 0 spiro atoms. The third-order valence-corrected chi connectivity index (χ3v) is 4.68. The normalized spacial score (nSPS) is 10.9. The molecule has 1 aromatic heterocycles. The van der Waals surface area contributed by atoms with Gasteiger partial charge in [0.2, 0.25) is 0 Å². The first-order valence-electron chi connectivity index (χ1n) is 10.3. The molecule has 0 bridgehead atoms. The number of hydrogen-bond donors (Lipinski definition) is 3. The molecule has 2 amide bonds. The number of rotatable bonds is 9. The van der Waals surface area contributed by atoms with Gasteiger partial charge in [0.15, 0.2) is 12.4 Å². The van der Waals surface area contributed by atoms with Crippen LogP contribution in [-0.2, 0) is 20.8 Å². The highest BCUT2D eigenvalue weighted by Gasteiger charge is 2.26. The van der Waals surface area contributed by atoms with Crippen LogP contribution in [0.1, 0.15) is 19.4 Å². The van der Waals surface area contributed by atoms with E-state index >= 15 is 0 Å². The number of carboxylic acid groups (broad SMARTS) is 1. The quantitative estimate of drug-likeness (QED) is 0.408. The van der Waals surface area contributed by atoms with Crippen LogP contribution in [0.25, 0.3) is 11.3 Å². The molecule has 0 aliphatic heterocycles. The van der Waals surface area contributed by atoms with Crippen molar-refractivity contribution in [2.75, 3.05) is 19.0 Å². The van der Waals surface area contributed by atoms with Crippen LogP contribution in [0.3, 0.4) is 0 Å². The second-order valence-corrected chi connectivity index (χ2v) is 8.03. The van der Waals surface area contributed by atoms with Crippen LogP contribution in [0.4, 0.5) is 5.69 Å². The number of nitrogens with zero attached hydrogens (tertiary/aromatic N) is 1. The summed E-state index contributed by atoms with van der Waals surface area (Å²) in [5.41, 5.74) is 0.921. The Bertz CT molecular complexity index is 1190. The average molecular weight is 467 g/mol. The van der Waals surface area contributed by atoms with E-state index in [1.165, 1.54) is 13.3 Å². The Morgan fingerprint density at radius 1 is 1.09 bits per heavy atom. The molecule has 0 saturated heterocycles. The number of carbonyl (C=O) groups excluding carboxylic acids is 2. The molecule has 34 heavy (non-hydrogen) atoms. The van der Waals surface area contributed by atoms with E-state index in [9.17, 15) is 14.4 Å². The second-order valence-electron chi connectivity index (χ2n) is 8.03. The van der Waals surface area contributed by atoms with Crippen molar-refractivity contribution in [3.05, 3.63) is 60.3 Å². The first kappa shape index (κ1) is 24.3. The van der Waals surface area contributed by atoms with Gasteiger partial charge in [-0.15, -0.1) is 0 Å². The predicted octanol–water partition coefficient (Wildman–Crippen LogP) is 2.89. The number of ether oxygens (including phenoxy) is 2. The molecule has 10 heteroatoms. The summed E-state index contributed by atoms with van der Waals surface area (Å²) in [4.78, 5) is 39.9. The van der Waals surface area contributed by atoms with Crippen LogP contribution in [0.5, 0.6) is 11.8 Å². The van der Waals surface area contributed by atoms with Crippen molar-refractivity contribution < 1.29 is 33.4 Å². The minimum absolute atomic E-state index is 0.112. The SMILES string of the molecule is COc1ncc(-c2cccc(NC(=O)C(=O)NC(C)(C)Cc3ccccc3OCC(=O)O)c2)o1. The zero-order valence-corrected chi connectivity index (χ0v) is 19.0. The van der Waals surface area contributed by atoms with Crippen LogP contribution >= 0.6 is 0 Å². The average Bonchev–Trinajstić information content (AvgIpc) is 3.27. The van der Waals surface area contributed by atoms with E-state index in [0.717, 1.165) is 0 Å². The summed E-state index contributed by atoms with van der Waals surface area (Å²) < 4.78 is 15.7. The molecule has 0 unspecified atom stereocenters. The molecule has 0 aliphatic carbocycles. The minimum atomic E-state index is -1.09. The molecule has 2 aromatic carbocycles. The predicted molar refractivity (Wildman–Crippen MR) is 123 cm³/mol. The van der Waals surface area contributed by atoms with Gasteiger partial charge in [0.1, 0.15) is 5.75 Å². The molecular weight excluding hydrogens is 442 g/mol. The van der Waals surface area contributed by atoms with Gasteiger partial charge in [0, 0.05) is 16.8 Å². The zero-order chi connectivity index (χ0) is 24.7. The molecule has 0 saturated carbocycles. The van der Waals surface area contributed by atoms with Crippen LogP contribution in [0, 0.1) is 0 Å². The molecule has 1 heterocycles. The van der Waals surface area contributed by atoms with E-state index in [1.54, 1.807) is 62.4 Å². The molecule has 0 fully saturated rings. The number of aromatic nitrogens is 1. The van der Waals surface area contributed by atoms with Gasteiger partial charge in [-0.05, 0) is 44.0 Å². The highest BCUT2D eigenvalue weighted by Crippen LogP contribution is 2.26. The summed E-state index contributed by atoms with van der Waals surface area (Å²) in [5, 5.41) is 14.1. The largest absolute Gasteiger partial charge is 0.482 e. The highest BCUT2D eigenvalue weighted by atomic mass is 16.6. The second kappa shape index (κ2) is 10.5. The molecule has 0 atom stereocenters. The third-order valence-electron chi connectivity index (χ3n) is 4.68. The Balaban J connectivity index is 1.64. The van der Waals surface area contributed by atoms with Gasteiger partial charge >= 0.3 is 23.9 Å². The van der Waals surface area contributed by atoms with Crippen molar-refractivity contribution in [3.8, 4) is 23.1 Å². The third kappa shape index (κ3) is 6.58. The van der Waals surface area contributed by atoms with Crippen molar-refractivity contribution in [2.45, 2.75) is 25.8 Å². The standard InChI is InChI=1S/C24H25N3O7/c1-24(2,12-16-7-4-5-10-18(16)33-14-20(28)29)27-22(31)21(30)26-17-9-6-8-15(11-17)19-13-25-23(32-3)34-19/h4-11,13H,12,14H2,1-3H3,(H,26,30)(H,27,31)(H,28,29). The number of aliphatic carboxylic acids is 1. The van der Waals surface area contributed by atoms with Gasteiger partial charge in [-0.1, -0.05) is 30.3 Å². The van der Waals surface area contributed by atoms with Crippen molar-refractivity contribution in [1.29, 1.82) is 0 Å². The summed E-state index contributed by atoms with van der Waals surface area (Å²) in [6.45, 7) is 3.03. The summed E-state index contributed by atoms with van der Waals surface area (Å²) in [7, 11) is 1.44. The molecule has 3 aromatic rings. The first-order valence-corrected chi connectivity index (χ1v) is 10.3. The topological polar surface area (TPSA) is 140 Å². The smallest absolute Gasteiger partial charge is 0.393 e. The monoisotopic (exact) mass is 467 g/mol. The number of anilines is 1. The number of methoxy groups -OCH3 is 1. The number of amides is 2. The van der Waals surface area contributed by atoms with Crippen molar-refractivity contribution in [3.63, 3.8) is 0 Å². The first-order chi connectivity index (χ1) is 16.2. The van der Waals surface area contributed by atoms with Gasteiger partial charge in [-0.2, -0.15) is 4.98 Å².